The standard InChI is InChI=1S/C41H80AsNO3P/c1-6-8-10-12-14-16-18-20-22-24-26-28-30-32-34-36-40-45-47(44,43-39-38-42(3,4)5)46-41-37-35-33-31-29-27-25-23-21-19-17-15-13-11-9-7-2/h14-17,20-23H,6-13,18-19,24-41H2,1-5H3,(H,43,44)/q+1/b16-14-,17-15-,22-20-,23-21-. The first-order chi connectivity index (χ1) is 22.8. The molecule has 0 heterocycles. The third-order valence-electron chi connectivity index (χ3n) is 8.30. The van der Waals surface area contributed by atoms with Crippen LogP contribution < -0.4 is 5.09 Å². The van der Waals surface area contributed by atoms with Gasteiger partial charge in [-0.05, 0) is 51.4 Å². The first-order valence-electron chi connectivity index (χ1n) is 19.9. The summed E-state index contributed by atoms with van der Waals surface area (Å²) < 4.78 is 25.3. The van der Waals surface area contributed by atoms with Crippen molar-refractivity contribution in [3.63, 3.8) is 0 Å². The summed E-state index contributed by atoms with van der Waals surface area (Å²) in [5.41, 5.74) is 7.13. The van der Waals surface area contributed by atoms with Crippen molar-refractivity contribution >= 4 is 21.3 Å². The van der Waals surface area contributed by atoms with Crippen molar-refractivity contribution in [2.24, 2.45) is 0 Å². The number of nitrogens with one attached hydrogen (secondary N) is 1. The van der Waals surface area contributed by atoms with Gasteiger partial charge in [0.25, 0.3) is 0 Å². The summed E-state index contributed by atoms with van der Waals surface area (Å²) in [6.45, 7) is 6.26. The van der Waals surface area contributed by atoms with E-state index in [1.807, 2.05) is 0 Å². The monoisotopic (exact) mass is 741 g/mol. The van der Waals surface area contributed by atoms with Gasteiger partial charge in [0.15, 0.2) is 0 Å². The van der Waals surface area contributed by atoms with E-state index in [-0.39, 0.29) is 0 Å². The summed E-state index contributed by atoms with van der Waals surface area (Å²) in [5, 5.41) is 4.30. The number of hydrogen-bond acceptors (Lipinski definition) is 3. The predicted molar refractivity (Wildman–Crippen MR) is 214 cm³/mol. The molecule has 0 aromatic carbocycles. The quantitative estimate of drug-likeness (QED) is 0.0301. The summed E-state index contributed by atoms with van der Waals surface area (Å²) in [7, 11) is -3.23. The second kappa shape index (κ2) is 35.5. The van der Waals surface area contributed by atoms with Crippen LogP contribution in [-0.4, -0.2) is 33.3 Å². The van der Waals surface area contributed by atoms with E-state index in [9.17, 15) is 4.57 Å². The van der Waals surface area contributed by atoms with Gasteiger partial charge in [-0.1, -0.05) is 88.1 Å². The molecule has 47 heavy (non-hydrogen) atoms. The molecule has 0 atom stereocenters. The molecule has 0 spiro atoms. The molecule has 0 aliphatic rings. The topological polar surface area (TPSA) is 47.6 Å². The van der Waals surface area contributed by atoms with Crippen LogP contribution in [0.15, 0.2) is 48.6 Å². The maximum atomic E-state index is 13.5. The third kappa shape index (κ3) is 38.3. The molecule has 0 rings (SSSR count). The summed E-state index contributed by atoms with van der Waals surface area (Å²) in [5.74, 6) is 0. The van der Waals surface area contributed by atoms with E-state index in [0.717, 1.165) is 50.3 Å². The second-order valence-corrected chi connectivity index (χ2v) is 26.6. The Morgan fingerprint density at radius 3 is 1.19 bits per heavy atom. The Morgan fingerprint density at radius 1 is 0.489 bits per heavy atom. The zero-order chi connectivity index (χ0) is 34.6. The SMILES string of the molecule is CCCCC/C=C\C/C=C\CCCCCCCCOP(=O)(NCC[As+](C)(C)C)OCCCCCCCC/C=C\C/C=C\CCCCC. The normalized spacial score (nSPS) is 13.0. The molecule has 0 radical (unpaired) electrons. The fourth-order valence-electron chi connectivity index (χ4n) is 5.20. The van der Waals surface area contributed by atoms with Gasteiger partial charge in [-0.15, -0.1) is 0 Å². The van der Waals surface area contributed by atoms with Gasteiger partial charge in [0.2, 0.25) is 0 Å². The third-order valence-corrected chi connectivity index (χ3v) is 13.2. The molecular weight excluding hydrogens is 660 g/mol. The van der Waals surface area contributed by atoms with Gasteiger partial charge in [-0.25, -0.2) is 0 Å². The Bertz CT molecular complexity index is 764. The van der Waals surface area contributed by atoms with E-state index in [1.54, 1.807) is 0 Å². The molecule has 0 aromatic heterocycles. The molecule has 0 aliphatic carbocycles. The molecule has 0 saturated carbocycles. The fraction of sp³-hybridized carbons (Fsp3) is 0.805. The van der Waals surface area contributed by atoms with Crippen LogP contribution in [-0.2, 0) is 13.6 Å². The molecule has 0 aromatic rings. The predicted octanol–water partition coefficient (Wildman–Crippen LogP) is 14.7. The Kier molecular flexibility index (Phi) is 35.2. The molecule has 0 unspecified atom stereocenters. The zero-order valence-corrected chi connectivity index (χ0v) is 34.8. The Labute approximate surface area is 297 Å². The number of rotatable bonds is 36. The number of unbranched alkanes of at least 4 members (excludes halogenated alkanes) is 18. The molecule has 276 valence electrons. The average molecular weight is 741 g/mol. The van der Waals surface area contributed by atoms with Crippen molar-refractivity contribution in [1.82, 2.24) is 5.09 Å². The van der Waals surface area contributed by atoms with Crippen molar-refractivity contribution < 1.29 is 13.6 Å². The Morgan fingerprint density at radius 2 is 0.830 bits per heavy atom. The maximum absolute atomic E-state index is 13.5. The molecule has 1 N–H and O–H groups in total. The van der Waals surface area contributed by atoms with Crippen LogP contribution in [0.25, 0.3) is 0 Å². The van der Waals surface area contributed by atoms with Crippen LogP contribution in [0.3, 0.4) is 0 Å². The molecular formula is C41H80AsNO3P+. The van der Waals surface area contributed by atoms with Crippen LogP contribution in [0, 0.1) is 0 Å². The summed E-state index contributed by atoms with van der Waals surface area (Å²) in [4.78, 5) is 0. The van der Waals surface area contributed by atoms with Crippen molar-refractivity contribution in [2.45, 2.75) is 190 Å². The van der Waals surface area contributed by atoms with Crippen molar-refractivity contribution in [2.75, 3.05) is 19.8 Å². The van der Waals surface area contributed by atoms with Gasteiger partial charge < -0.3 is 0 Å². The summed E-state index contributed by atoms with van der Waals surface area (Å²) in [6, 6.07) is 0. The second-order valence-electron chi connectivity index (χ2n) is 14.3. The zero-order valence-electron chi connectivity index (χ0n) is 32.0. The average Bonchev–Trinajstić information content (AvgIpc) is 3.03. The molecule has 0 aliphatic heterocycles. The smallest absolute Gasteiger partial charge is 0.0882 e. The first-order valence-corrected chi connectivity index (χ1v) is 28.4. The molecule has 0 saturated heterocycles. The van der Waals surface area contributed by atoms with Crippen LogP contribution in [0.2, 0.25) is 22.3 Å². The van der Waals surface area contributed by atoms with E-state index in [1.165, 1.54) is 116 Å². The molecule has 4 nitrogen and oxygen atoms in total. The molecule has 6 heteroatoms. The Balaban J connectivity index is 3.98. The minimum atomic E-state index is -3.23. The van der Waals surface area contributed by atoms with Gasteiger partial charge in [0, 0.05) is 0 Å². The fourth-order valence-corrected chi connectivity index (χ4v) is 8.61. The Hall–Kier alpha value is -0.372. The van der Waals surface area contributed by atoms with Gasteiger partial charge in [0.05, 0.1) is 0 Å². The minimum absolute atomic E-state index is 0.512. The number of allylic oxidation sites excluding steroid dienone is 8. The number of hydrogen-bond donors (Lipinski definition) is 1. The van der Waals surface area contributed by atoms with E-state index >= 15 is 0 Å². The molecule has 0 amide bonds. The summed E-state index contributed by atoms with van der Waals surface area (Å²) >= 11 is -1.55. The molecule has 0 bridgehead atoms. The van der Waals surface area contributed by atoms with Gasteiger partial charge in [0.1, 0.15) is 0 Å². The van der Waals surface area contributed by atoms with E-state index in [4.69, 9.17) is 9.05 Å². The van der Waals surface area contributed by atoms with Gasteiger partial charge in [-0.3, -0.25) is 0 Å². The van der Waals surface area contributed by atoms with Crippen LogP contribution in [0.4, 0.5) is 0 Å². The van der Waals surface area contributed by atoms with Gasteiger partial charge in [-0.2, -0.15) is 0 Å². The van der Waals surface area contributed by atoms with E-state index < -0.39 is 21.3 Å². The minimum Gasteiger partial charge on any atom is -0.0882 e. The summed E-state index contributed by atoms with van der Waals surface area (Å²) in [6.07, 6.45) is 47.7. The van der Waals surface area contributed by atoms with Gasteiger partial charge >= 0.3 is 159 Å². The van der Waals surface area contributed by atoms with Crippen molar-refractivity contribution in [1.29, 1.82) is 0 Å². The van der Waals surface area contributed by atoms with Crippen LogP contribution >= 0.6 is 7.75 Å². The van der Waals surface area contributed by atoms with E-state index in [2.05, 4.69) is 84.7 Å². The van der Waals surface area contributed by atoms with E-state index in [0.29, 0.717) is 13.2 Å². The first kappa shape index (κ1) is 46.6. The van der Waals surface area contributed by atoms with Crippen LogP contribution in [0.5, 0.6) is 0 Å². The van der Waals surface area contributed by atoms with Crippen molar-refractivity contribution in [3.05, 3.63) is 48.6 Å². The molecule has 0 fully saturated rings. The van der Waals surface area contributed by atoms with Crippen molar-refractivity contribution in [3.8, 4) is 0 Å². The van der Waals surface area contributed by atoms with Crippen LogP contribution in [0.1, 0.15) is 168 Å².